The summed E-state index contributed by atoms with van der Waals surface area (Å²) in [5.41, 5.74) is -0.914. The highest BCUT2D eigenvalue weighted by Gasteiger charge is 2.33. The second-order valence-corrected chi connectivity index (χ2v) is 4.50. The molecule has 0 aliphatic rings. The SMILES string of the molecule is OCc1ccc(CNc2ccc(Cl)cc2C(F)(F)F)o1. The number of alkyl halides is 3. The molecular weight excluding hydrogens is 295 g/mol. The van der Waals surface area contributed by atoms with Crippen molar-refractivity contribution in [1.82, 2.24) is 0 Å². The van der Waals surface area contributed by atoms with E-state index in [9.17, 15) is 13.2 Å². The van der Waals surface area contributed by atoms with Crippen LogP contribution in [-0.4, -0.2) is 5.11 Å². The summed E-state index contributed by atoms with van der Waals surface area (Å²) < 4.78 is 43.8. The minimum absolute atomic E-state index is 0.0171. The van der Waals surface area contributed by atoms with Gasteiger partial charge in [-0.1, -0.05) is 11.6 Å². The van der Waals surface area contributed by atoms with E-state index in [4.69, 9.17) is 21.1 Å². The second kappa shape index (κ2) is 5.76. The first-order valence-corrected chi connectivity index (χ1v) is 6.07. The van der Waals surface area contributed by atoms with Gasteiger partial charge in [0.25, 0.3) is 0 Å². The van der Waals surface area contributed by atoms with Gasteiger partial charge >= 0.3 is 6.18 Å². The highest BCUT2D eigenvalue weighted by Crippen LogP contribution is 2.36. The molecule has 1 heterocycles. The molecule has 0 atom stereocenters. The lowest BCUT2D eigenvalue weighted by molar-refractivity contribution is -0.137. The molecule has 2 aromatic rings. The van der Waals surface area contributed by atoms with Crippen molar-refractivity contribution >= 4 is 17.3 Å². The molecular formula is C13H11ClF3NO2. The number of nitrogens with one attached hydrogen (secondary N) is 1. The molecule has 20 heavy (non-hydrogen) atoms. The minimum atomic E-state index is -4.49. The number of benzene rings is 1. The van der Waals surface area contributed by atoms with Crippen molar-refractivity contribution in [2.45, 2.75) is 19.3 Å². The Labute approximate surface area is 118 Å². The molecule has 0 radical (unpaired) electrons. The summed E-state index contributed by atoms with van der Waals surface area (Å²) in [5.74, 6) is 0.783. The number of aliphatic hydroxyl groups is 1. The van der Waals surface area contributed by atoms with Gasteiger partial charge in [-0.05, 0) is 30.3 Å². The van der Waals surface area contributed by atoms with Gasteiger partial charge in [0.2, 0.25) is 0 Å². The Kier molecular flexibility index (Phi) is 4.25. The number of halogens is 4. The fraction of sp³-hybridized carbons (Fsp3) is 0.231. The molecule has 1 aromatic carbocycles. The van der Waals surface area contributed by atoms with Crippen LogP contribution in [0.25, 0.3) is 0 Å². The Bertz CT molecular complexity index is 596. The van der Waals surface area contributed by atoms with Crippen LogP contribution in [0, 0.1) is 0 Å². The topological polar surface area (TPSA) is 45.4 Å². The van der Waals surface area contributed by atoms with E-state index in [-0.39, 0.29) is 23.9 Å². The normalized spacial score (nSPS) is 11.7. The number of hydrogen-bond acceptors (Lipinski definition) is 3. The van der Waals surface area contributed by atoms with Gasteiger partial charge in [-0.3, -0.25) is 0 Å². The average Bonchev–Trinajstić information content (AvgIpc) is 2.84. The molecule has 2 N–H and O–H groups in total. The van der Waals surface area contributed by atoms with Gasteiger partial charge in [-0.15, -0.1) is 0 Å². The number of rotatable bonds is 4. The molecule has 1 aromatic heterocycles. The molecule has 108 valence electrons. The van der Waals surface area contributed by atoms with E-state index in [0.717, 1.165) is 6.07 Å². The summed E-state index contributed by atoms with van der Waals surface area (Å²) in [4.78, 5) is 0. The Hall–Kier alpha value is -1.66. The standard InChI is InChI=1S/C13H11ClF3NO2/c14-8-1-4-12(11(5-8)13(15,16)17)18-6-9-2-3-10(7-19)20-9/h1-5,18-19H,6-7H2. The van der Waals surface area contributed by atoms with Crippen LogP contribution in [0.4, 0.5) is 18.9 Å². The van der Waals surface area contributed by atoms with Gasteiger partial charge in [0, 0.05) is 10.7 Å². The zero-order valence-corrected chi connectivity index (χ0v) is 10.9. The largest absolute Gasteiger partial charge is 0.462 e. The van der Waals surface area contributed by atoms with Gasteiger partial charge < -0.3 is 14.8 Å². The number of hydrogen-bond donors (Lipinski definition) is 2. The predicted molar refractivity (Wildman–Crippen MR) is 68.4 cm³/mol. The summed E-state index contributed by atoms with van der Waals surface area (Å²) >= 11 is 5.59. The first-order valence-electron chi connectivity index (χ1n) is 5.69. The lowest BCUT2D eigenvalue weighted by Gasteiger charge is -2.14. The van der Waals surface area contributed by atoms with Crippen LogP contribution in [0.5, 0.6) is 0 Å². The summed E-state index contributed by atoms with van der Waals surface area (Å²) in [6.07, 6.45) is -4.49. The second-order valence-electron chi connectivity index (χ2n) is 4.07. The third-order valence-corrected chi connectivity index (χ3v) is 2.85. The van der Waals surface area contributed by atoms with Crippen LogP contribution in [0.15, 0.2) is 34.7 Å². The molecule has 7 heteroatoms. The molecule has 0 spiro atoms. The van der Waals surface area contributed by atoms with Crippen LogP contribution in [0.1, 0.15) is 17.1 Å². The molecule has 0 bridgehead atoms. The number of furan rings is 1. The molecule has 0 unspecified atom stereocenters. The van der Waals surface area contributed by atoms with Crippen LogP contribution in [0.3, 0.4) is 0 Å². The Morgan fingerprint density at radius 1 is 1.15 bits per heavy atom. The lowest BCUT2D eigenvalue weighted by Crippen LogP contribution is -2.10. The van der Waals surface area contributed by atoms with Crippen molar-refractivity contribution in [3.63, 3.8) is 0 Å². The van der Waals surface area contributed by atoms with Crippen LogP contribution >= 0.6 is 11.6 Å². The van der Waals surface area contributed by atoms with Crippen LogP contribution in [-0.2, 0) is 19.3 Å². The Balaban J connectivity index is 2.17. The zero-order chi connectivity index (χ0) is 14.8. The van der Waals surface area contributed by atoms with E-state index in [1.807, 2.05) is 0 Å². The smallest absolute Gasteiger partial charge is 0.418 e. The van der Waals surface area contributed by atoms with E-state index < -0.39 is 11.7 Å². The average molecular weight is 306 g/mol. The van der Waals surface area contributed by atoms with Gasteiger partial charge in [0.15, 0.2) is 0 Å². The maximum atomic E-state index is 12.9. The maximum absolute atomic E-state index is 12.9. The van der Waals surface area contributed by atoms with Crippen molar-refractivity contribution in [3.05, 3.63) is 52.4 Å². The van der Waals surface area contributed by atoms with E-state index in [1.54, 1.807) is 12.1 Å². The monoisotopic (exact) mass is 305 g/mol. The fourth-order valence-electron chi connectivity index (χ4n) is 1.69. The van der Waals surface area contributed by atoms with Crippen molar-refractivity contribution in [2.24, 2.45) is 0 Å². The summed E-state index contributed by atoms with van der Waals surface area (Å²) in [6.45, 7) is -0.181. The molecule has 0 aliphatic carbocycles. The highest BCUT2D eigenvalue weighted by atomic mass is 35.5. The summed E-state index contributed by atoms with van der Waals surface area (Å²) in [5, 5.41) is 11.5. The van der Waals surface area contributed by atoms with E-state index in [1.165, 1.54) is 12.1 Å². The van der Waals surface area contributed by atoms with E-state index >= 15 is 0 Å². The third-order valence-electron chi connectivity index (χ3n) is 2.61. The number of anilines is 1. The van der Waals surface area contributed by atoms with Gasteiger partial charge in [0.05, 0.1) is 12.1 Å². The molecule has 0 fully saturated rings. The molecule has 0 amide bonds. The highest BCUT2D eigenvalue weighted by molar-refractivity contribution is 6.30. The van der Waals surface area contributed by atoms with Crippen molar-refractivity contribution in [1.29, 1.82) is 0 Å². The zero-order valence-electron chi connectivity index (χ0n) is 10.2. The van der Waals surface area contributed by atoms with Crippen molar-refractivity contribution in [2.75, 3.05) is 5.32 Å². The van der Waals surface area contributed by atoms with Crippen LogP contribution < -0.4 is 5.32 Å². The third kappa shape index (κ3) is 3.46. The predicted octanol–water partition coefficient (Wildman–Crippen LogP) is 4.06. The quantitative estimate of drug-likeness (QED) is 0.895. The van der Waals surface area contributed by atoms with Gasteiger partial charge in [-0.2, -0.15) is 13.2 Å². The first kappa shape index (κ1) is 14.7. The van der Waals surface area contributed by atoms with Crippen LogP contribution in [0.2, 0.25) is 5.02 Å². The summed E-state index contributed by atoms with van der Waals surface area (Å²) in [7, 11) is 0. The maximum Gasteiger partial charge on any atom is 0.418 e. The van der Waals surface area contributed by atoms with Gasteiger partial charge in [0.1, 0.15) is 18.1 Å². The van der Waals surface area contributed by atoms with Gasteiger partial charge in [-0.25, -0.2) is 0 Å². The van der Waals surface area contributed by atoms with Crippen molar-refractivity contribution in [3.8, 4) is 0 Å². The number of aliphatic hydroxyl groups excluding tert-OH is 1. The lowest BCUT2D eigenvalue weighted by atomic mass is 10.1. The molecule has 0 aliphatic heterocycles. The molecule has 0 saturated carbocycles. The molecule has 3 nitrogen and oxygen atoms in total. The van der Waals surface area contributed by atoms with E-state index in [0.29, 0.717) is 11.5 Å². The fourth-order valence-corrected chi connectivity index (χ4v) is 1.86. The van der Waals surface area contributed by atoms with E-state index in [2.05, 4.69) is 5.32 Å². The summed E-state index contributed by atoms with van der Waals surface area (Å²) in [6, 6.07) is 6.65. The molecule has 0 saturated heterocycles. The first-order chi connectivity index (χ1) is 9.40. The molecule has 2 rings (SSSR count). The Morgan fingerprint density at radius 3 is 2.45 bits per heavy atom. The van der Waals surface area contributed by atoms with Crippen molar-refractivity contribution < 1.29 is 22.7 Å². The minimum Gasteiger partial charge on any atom is -0.462 e. The Morgan fingerprint density at radius 2 is 1.85 bits per heavy atom.